The Morgan fingerprint density at radius 2 is 1.95 bits per heavy atom. The number of ether oxygens (including phenoxy) is 2. The molecule has 0 atom stereocenters. The van der Waals surface area contributed by atoms with Crippen molar-refractivity contribution in [3.05, 3.63) is 53.2 Å². The van der Waals surface area contributed by atoms with Gasteiger partial charge in [0.05, 0.1) is 12.5 Å². The zero-order chi connectivity index (χ0) is 14.8. The highest BCUT2D eigenvalue weighted by Crippen LogP contribution is 2.37. The molecule has 5 heteroatoms. The fourth-order valence-corrected chi connectivity index (χ4v) is 2.18. The average Bonchev–Trinajstić information content (AvgIpc) is 2.93. The highest BCUT2D eigenvalue weighted by atomic mass is 35.5. The van der Waals surface area contributed by atoms with Crippen LogP contribution in [-0.4, -0.2) is 7.11 Å². The second-order valence-electron chi connectivity index (χ2n) is 4.29. The van der Waals surface area contributed by atoms with Gasteiger partial charge in [-0.25, -0.2) is 0 Å². The lowest BCUT2D eigenvalue weighted by atomic mass is 10.2. The van der Waals surface area contributed by atoms with E-state index in [1.54, 1.807) is 49.6 Å². The number of benzene rings is 2. The van der Waals surface area contributed by atoms with Crippen LogP contribution >= 0.6 is 11.6 Å². The zero-order valence-electron chi connectivity index (χ0n) is 11.1. The lowest BCUT2D eigenvalue weighted by Gasteiger charge is -2.11. The topological polar surface area (TPSA) is 55.4 Å². The maximum atomic E-state index is 8.91. The van der Waals surface area contributed by atoms with Gasteiger partial charge in [-0.2, -0.15) is 5.26 Å². The molecule has 3 aromatic rings. The van der Waals surface area contributed by atoms with Crippen LogP contribution in [0.5, 0.6) is 17.2 Å². The fraction of sp³-hybridized carbons (Fsp3) is 0.0625. The molecule has 104 valence electrons. The Morgan fingerprint density at radius 3 is 2.71 bits per heavy atom. The molecule has 0 spiro atoms. The lowest BCUT2D eigenvalue weighted by molar-refractivity contribution is 0.380. The summed E-state index contributed by atoms with van der Waals surface area (Å²) in [6.07, 6.45) is 0. The molecule has 4 nitrogen and oxygen atoms in total. The molecule has 0 amide bonds. The van der Waals surface area contributed by atoms with Gasteiger partial charge in [-0.15, -0.1) is 0 Å². The van der Waals surface area contributed by atoms with Crippen molar-refractivity contribution < 1.29 is 13.9 Å². The predicted octanol–water partition coefficient (Wildman–Crippen LogP) is 4.76. The molecule has 0 saturated heterocycles. The molecule has 3 rings (SSSR count). The second-order valence-corrected chi connectivity index (χ2v) is 4.72. The van der Waals surface area contributed by atoms with E-state index in [1.165, 1.54) is 0 Å². The third kappa shape index (κ3) is 2.51. The van der Waals surface area contributed by atoms with Crippen molar-refractivity contribution in [3.63, 3.8) is 0 Å². The number of rotatable bonds is 3. The van der Waals surface area contributed by atoms with Crippen molar-refractivity contribution >= 4 is 22.6 Å². The monoisotopic (exact) mass is 299 g/mol. The Bertz CT molecular complexity index is 848. The van der Waals surface area contributed by atoms with Gasteiger partial charge in [0.1, 0.15) is 17.4 Å². The SMILES string of the molecule is COc1cc(Cl)ccc1Oc1cccc2oc(C#N)cc12. The van der Waals surface area contributed by atoms with Crippen LogP contribution < -0.4 is 9.47 Å². The minimum Gasteiger partial charge on any atom is -0.493 e. The van der Waals surface area contributed by atoms with Crippen molar-refractivity contribution in [1.29, 1.82) is 5.26 Å². The number of fused-ring (bicyclic) bond motifs is 1. The molecule has 1 heterocycles. The molecule has 0 bridgehead atoms. The first-order chi connectivity index (χ1) is 10.2. The maximum absolute atomic E-state index is 8.91. The van der Waals surface area contributed by atoms with E-state index in [1.807, 2.05) is 6.07 Å². The van der Waals surface area contributed by atoms with E-state index < -0.39 is 0 Å². The lowest BCUT2D eigenvalue weighted by Crippen LogP contribution is -1.90. The standard InChI is InChI=1S/C16H10ClNO3/c1-19-16-7-10(17)5-6-15(16)21-14-4-2-3-13-12(14)8-11(9-18)20-13/h2-8H,1H3. The Morgan fingerprint density at radius 1 is 1.10 bits per heavy atom. The number of hydrogen-bond acceptors (Lipinski definition) is 4. The molecule has 0 fully saturated rings. The summed E-state index contributed by atoms with van der Waals surface area (Å²) in [5, 5.41) is 10.2. The van der Waals surface area contributed by atoms with Crippen LogP contribution in [0, 0.1) is 11.3 Å². The third-order valence-corrected chi connectivity index (χ3v) is 3.21. The molecule has 0 aliphatic carbocycles. The smallest absolute Gasteiger partial charge is 0.204 e. The molecule has 0 unspecified atom stereocenters. The van der Waals surface area contributed by atoms with Gasteiger partial charge in [-0.05, 0) is 24.3 Å². The van der Waals surface area contributed by atoms with Crippen LogP contribution in [0.15, 0.2) is 46.9 Å². The van der Waals surface area contributed by atoms with Crippen LogP contribution in [0.2, 0.25) is 5.02 Å². The first-order valence-electron chi connectivity index (χ1n) is 6.15. The van der Waals surface area contributed by atoms with Crippen LogP contribution in [0.25, 0.3) is 11.0 Å². The molecule has 0 saturated carbocycles. The average molecular weight is 300 g/mol. The number of nitrogens with zero attached hydrogens (tertiary/aromatic N) is 1. The van der Waals surface area contributed by atoms with Crippen molar-refractivity contribution in [1.82, 2.24) is 0 Å². The van der Waals surface area contributed by atoms with Crippen LogP contribution in [0.3, 0.4) is 0 Å². The normalized spacial score (nSPS) is 10.3. The molecular formula is C16H10ClNO3. The quantitative estimate of drug-likeness (QED) is 0.699. The molecule has 0 aliphatic rings. The predicted molar refractivity (Wildman–Crippen MR) is 79.0 cm³/mol. The van der Waals surface area contributed by atoms with Crippen LogP contribution in [0.1, 0.15) is 5.76 Å². The highest BCUT2D eigenvalue weighted by molar-refractivity contribution is 6.30. The minimum absolute atomic E-state index is 0.240. The van der Waals surface area contributed by atoms with Crippen molar-refractivity contribution in [2.45, 2.75) is 0 Å². The summed E-state index contributed by atoms with van der Waals surface area (Å²) in [5.74, 6) is 1.89. The van der Waals surface area contributed by atoms with E-state index in [4.69, 9.17) is 30.8 Å². The van der Waals surface area contributed by atoms with E-state index in [0.29, 0.717) is 27.9 Å². The number of furan rings is 1. The summed E-state index contributed by atoms with van der Waals surface area (Å²) in [5.41, 5.74) is 0.594. The first kappa shape index (κ1) is 13.3. The molecule has 1 aromatic heterocycles. The van der Waals surface area contributed by atoms with Gasteiger partial charge in [0, 0.05) is 17.2 Å². The maximum Gasteiger partial charge on any atom is 0.204 e. The summed E-state index contributed by atoms with van der Waals surface area (Å²) < 4.78 is 16.5. The van der Waals surface area contributed by atoms with Gasteiger partial charge in [0.2, 0.25) is 5.76 Å². The number of nitriles is 1. The largest absolute Gasteiger partial charge is 0.493 e. The minimum atomic E-state index is 0.240. The van der Waals surface area contributed by atoms with Crippen LogP contribution in [-0.2, 0) is 0 Å². The van der Waals surface area contributed by atoms with Gasteiger partial charge in [-0.1, -0.05) is 17.7 Å². The van der Waals surface area contributed by atoms with E-state index in [9.17, 15) is 0 Å². The summed E-state index contributed by atoms with van der Waals surface area (Å²) >= 11 is 5.93. The Labute approximate surface area is 126 Å². The Kier molecular flexibility index (Phi) is 3.43. The molecule has 0 N–H and O–H groups in total. The summed E-state index contributed by atoms with van der Waals surface area (Å²) in [7, 11) is 1.55. The first-order valence-corrected chi connectivity index (χ1v) is 6.53. The third-order valence-electron chi connectivity index (χ3n) is 2.98. The van der Waals surface area contributed by atoms with E-state index in [0.717, 1.165) is 5.39 Å². The summed E-state index contributed by atoms with van der Waals surface area (Å²) in [6, 6.07) is 14.1. The van der Waals surface area contributed by atoms with E-state index in [-0.39, 0.29) is 5.76 Å². The summed E-state index contributed by atoms with van der Waals surface area (Å²) in [4.78, 5) is 0. The van der Waals surface area contributed by atoms with Gasteiger partial charge >= 0.3 is 0 Å². The molecule has 0 radical (unpaired) electrons. The van der Waals surface area contributed by atoms with Gasteiger partial charge in [0.25, 0.3) is 0 Å². The number of methoxy groups -OCH3 is 1. The van der Waals surface area contributed by atoms with Crippen molar-refractivity contribution in [2.24, 2.45) is 0 Å². The zero-order valence-corrected chi connectivity index (χ0v) is 11.8. The van der Waals surface area contributed by atoms with E-state index in [2.05, 4.69) is 0 Å². The Hall–Kier alpha value is -2.64. The van der Waals surface area contributed by atoms with Crippen molar-refractivity contribution in [2.75, 3.05) is 7.11 Å². The van der Waals surface area contributed by atoms with E-state index >= 15 is 0 Å². The number of hydrogen-bond donors (Lipinski definition) is 0. The molecule has 21 heavy (non-hydrogen) atoms. The second kappa shape index (κ2) is 5.39. The van der Waals surface area contributed by atoms with Gasteiger partial charge in [0.15, 0.2) is 11.5 Å². The molecule has 0 aliphatic heterocycles. The summed E-state index contributed by atoms with van der Waals surface area (Å²) in [6.45, 7) is 0. The fourth-order valence-electron chi connectivity index (χ4n) is 2.02. The van der Waals surface area contributed by atoms with Crippen molar-refractivity contribution in [3.8, 4) is 23.3 Å². The molecular weight excluding hydrogens is 290 g/mol. The number of halogens is 1. The highest BCUT2D eigenvalue weighted by Gasteiger charge is 2.12. The van der Waals surface area contributed by atoms with Crippen LogP contribution in [0.4, 0.5) is 0 Å². The van der Waals surface area contributed by atoms with Gasteiger partial charge < -0.3 is 13.9 Å². The Balaban J connectivity index is 2.06. The van der Waals surface area contributed by atoms with Gasteiger partial charge in [-0.3, -0.25) is 0 Å². The molecule has 2 aromatic carbocycles.